The molecule has 0 unspecified atom stereocenters. The summed E-state index contributed by atoms with van der Waals surface area (Å²) in [4.78, 5) is 24.2. The van der Waals surface area contributed by atoms with Gasteiger partial charge in [-0.1, -0.05) is 47.5 Å². The summed E-state index contributed by atoms with van der Waals surface area (Å²) in [6.07, 6.45) is 0. The number of esters is 1. The van der Waals surface area contributed by atoms with Crippen molar-refractivity contribution in [2.75, 3.05) is 11.9 Å². The van der Waals surface area contributed by atoms with Crippen LogP contribution in [0.5, 0.6) is 5.75 Å². The molecule has 5 heteroatoms. The van der Waals surface area contributed by atoms with Crippen LogP contribution in [0.15, 0.2) is 72.8 Å². The predicted octanol–water partition coefficient (Wildman–Crippen LogP) is 4.68. The molecule has 1 amide bonds. The van der Waals surface area contributed by atoms with Gasteiger partial charge < -0.3 is 14.8 Å². The number of hydrogen-bond acceptors (Lipinski definition) is 4. The van der Waals surface area contributed by atoms with Crippen molar-refractivity contribution in [1.29, 1.82) is 0 Å². The van der Waals surface area contributed by atoms with E-state index in [1.54, 1.807) is 36.4 Å². The van der Waals surface area contributed by atoms with Crippen LogP contribution in [0.1, 0.15) is 27.0 Å². The summed E-state index contributed by atoms with van der Waals surface area (Å²) in [5.41, 5.74) is 4.06. The van der Waals surface area contributed by atoms with Crippen molar-refractivity contribution >= 4 is 17.6 Å². The van der Waals surface area contributed by atoms with E-state index < -0.39 is 11.9 Å². The summed E-state index contributed by atoms with van der Waals surface area (Å²) < 4.78 is 10.8. The Labute approximate surface area is 170 Å². The standard InChI is InChI=1S/C24H23NO4/c1-17-12-18(2)14-20(13-17)24(27)29-16-23(26)25-21-8-10-22(11-9-21)28-15-19-6-4-3-5-7-19/h3-14H,15-16H2,1-2H3,(H,25,26). The molecule has 0 aliphatic rings. The Morgan fingerprint density at radius 2 is 1.52 bits per heavy atom. The Hall–Kier alpha value is -3.60. The smallest absolute Gasteiger partial charge is 0.338 e. The van der Waals surface area contributed by atoms with Crippen molar-refractivity contribution < 1.29 is 19.1 Å². The van der Waals surface area contributed by atoms with Crippen molar-refractivity contribution in [1.82, 2.24) is 0 Å². The highest BCUT2D eigenvalue weighted by Crippen LogP contribution is 2.17. The van der Waals surface area contributed by atoms with E-state index in [-0.39, 0.29) is 6.61 Å². The third kappa shape index (κ3) is 6.21. The second kappa shape index (κ2) is 9.55. The lowest BCUT2D eigenvalue weighted by molar-refractivity contribution is -0.119. The van der Waals surface area contributed by atoms with E-state index in [9.17, 15) is 9.59 Å². The van der Waals surface area contributed by atoms with Crippen LogP contribution in [-0.4, -0.2) is 18.5 Å². The van der Waals surface area contributed by atoms with Crippen LogP contribution in [0.25, 0.3) is 0 Å². The van der Waals surface area contributed by atoms with E-state index in [1.807, 2.05) is 50.2 Å². The number of hydrogen-bond donors (Lipinski definition) is 1. The normalized spacial score (nSPS) is 10.3. The van der Waals surface area contributed by atoms with E-state index in [1.165, 1.54) is 0 Å². The molecule has 5 nitrogen and oxygen atoms in total. The fourth-order valence-corrected chi connectivity index (χ4v) is 2.88. The first-order valence-electron chi connectivity index (χ1n) is 9.32. The molecule has 0 bridgehead atoms. The van der Waals surface area contributed by atoms with Crippen LogP contribution < -0.4 is 10.1 Å². The maximum absolute atomic E-state index is 12.1. The fraction of sp³-hybridized carbons (Fsp3) is 0.167. The van der Waals surface area contributed by atoms with E-state index in [2.05, 4.69) is 5.32 Å². The lowest BCUT2D eigenvalue weighted by Crippen LogP contribution is -2.21. The summed E-state index contributed by atoms with van der Waals surface area (Å²) in [5.74, 6) is -0.217. The highest BCUT2D eigenvalue weighted by Gasteiger charge is 2.11. The molecular weight excluding hydrogens is 366 g/mol. The Kier molecular flexibility index (Phi) is 6.63. The van der Waals surface area contributed by atoms with Crippen LogP contribution in [0.4, 0.5) is 5.69 Å². The van der Waals surface area contributed by atoms with Gasteiger partial charge in [-0.25, -0.2) is 4.79 Å². The van der Waals surface area contributed by atoms with Crippen LogP contribution >= 0.6 is 0 Å². The van der Waals surface area contributed by atoms with E-state index >= 15 is 0 Å². The van der Waals surface area contributed by atoms with Crippen LogP contribution in [0.3, 0.4) is 0 Å². The zero-order valence-electron chi connectivity index (χ0n) is 16.5. The van der Waals surface area contributed by atoms with Gasteiger partial charge in [-0.05, 0) is 55.8 Å². The monoisotopic (exact) mass is 389 g/mol. The lowest BCUT2D eigenvalue weighted by Gasteiger charge is -2.09. The molecule has 3 aromatic rings. The molecule has 1 N–H and O–H groups in total. The van der Waals surface area contributed by atoms with Crippen molar-refractivity contribution in [2.24, 2.45) is 0 Å². The molecule has 0 atom stereocenters. The summed E-state index contributed by atoms with van der Waals surface area (Å²) in [5, 5.41) is 2.70. The lowest BCUT2D eigenvalue weighted by atomic mass is 10.1. The third-order valence-electron chi connectivity index (χ3n) is 4.18. The number of carbonyl (C=O) groups excluding carboxylic acids is 2. The molecule has 3 aromatic carbocycles. The van der Waals surface area contributed by atoms with Gasteiger partial charge in [0.25, 0.3) is 5.91 Å². The minimum absolute atomic E-state index is 0.349. The van der Waals surface area contributed by atoms with E-state index in [4.69, 9.17) is 9.47 Å². The number of aryl methyl sites for hydroxylation is 2. The summed E-state index contributed by atoms with van der Waals surface area (Å²) in [6.45, 7) is 3.94. The number of amides is 1. The third-order valence-corrected chi connectivity index (χ3v) is 4.18. The Morgan fingerprint density at radius 1 is 0.862 bits per heavy atom. The first-order chi connectivity index (χ1) is 14.0. The van der Waals surface area contributed by atoms with Crippen molar-refractivity contribution in [2.45, 2.75) is 20.5 Å². The number of anilines is 1. The number of ether oxygens (including phenoxy) is 2. The van der Waals surface area contributed by atoms with E-state index in [0.29, 0.717) is 23.6 Å². The van der Waals surface area contributed by atoms with Crippen LogP contribution in [0, 0.1) is 13.8 Å². The molecule has 0 saturated carbocycles. The van der Waals surface area contributed by atoms with Crippen molar-refractivity contribution in [3.05, 3.63) is 95.1 Å². The molecule has 0 radical (unpaired) electrons. The summed E-state index contributed by atoms with van der Waals surface area (Å²) in [6, 6.07) is 22.4. The molecule has 29 heavy (non-hydrogen) atoms. The maximum Gasteiger partial charge on any atom is 0.338 e. The maximum atomic E-state index is 12.1. The average Bonchev–Trinajstić information content (AvgIpc) is 2.71. The van der Waals surface area contributed by atoms with Crippen LogP contribution in [-0.2, 0) is 16.1 Å². The minimum atomic E-state index is -0.517. The second-order valence-electron chi connectivity index (χ2n) is 6.80. The molecular formula is C24H23NO4. The number of benzene rings is 3. The zero-order valence-corrected chi connectivity index (χ0v) is 16.5. The second-order valence-corrected chi connectivity index (χ2v) is 6.80. The van der Waals surface area contributed by atoms with Gasteiger partial charge in [-0.3, -0.25) is 4.79 Å². The number of nitrogens with one attached hydrogen (secondary N) is 1. The molecule has 0 aliphatic heterocycles. The Balaban J connectivity index is 1.47. The van der Waals surface area contributed by atoms with Gasteiger partial charge >= 0.3 is 5.97 Å². The van der Waals surface area contributed by atoms with Gasteiger partial charge in [-0.2, -0.15) is 0 Å². The molecule has 0 fully saturated rings. The van der Waals surface area contributed by atoms with Gasteiger partial charge in [0.2, 0.25) is 0 Å². The first-order valence-corrected chi connectivity index (χ1v) is 9.32. The SMILES string of the molecule is Cc1cc(C)cc(C(=O)OCC(=O)Nc2ccc(OCc3ccccc3)cc2)c1. The average molecular weight is 389 g/mol. The first kappa shape index (κ1) is 20.1. The molecule has 0 aromatic heterocycles. The van der Waals surface area contributed by atoms with Crippen molar-refractivity contribution in [3.8, 4) is 5.75 Å². The fourth-order valence-electron chi connectivity index (χ4n) is 2.88. The number of rotatable bonds is 7. The zero-order chi connectivity index (χ0) is 20.6. The Bertz CT molecular complexity index is 961. The molecule has 0 heterocycles. The molecule has 0 spiro atoms. The topological polar surface area (TPSA) is 64.6 Å². The molecule has 0 aliphatic carbocycles. The molecule has 148 valence electrons. The summed E-state index contributed by atoms with van der Waals surface area (Å²) >= 11 is 0. The van der Waals surface area contributed by atoms with Gasteiger partial charge in [0.05, 0.1) is 5.56 Å². The quantitative estimate of drug-likeness (QED) is 0.596. The minimum Gasteiger partial charge on any atom is -0.489 e. The molecule has 0 saturated heterocycles. The van der Waals surface area contributed by atoms with Gasteiger partial charge in [-0.15, -0.1) is 0 Å². The van der Waals surface area contributed by atoms with Gasteiger partial charge in [0.1, 0.15) is 12.4 Å². The highest BCUT2D eigenvalue weighted by molar-refractivity contribution is 5.95. The summed E-state index contributed by atoms with van der Waals surface area (Å²) in [7, 11) is 0. The largest absolute Gasteiger partial charge is 0.489 e. The Morgan fingerprint density at radius 3 is 2.17 bits per heavy atom. The molecule has 3 rings (SSSR count). The van der Waals surface area contributed by atoms with E-state index in [0.717, 1.165) is 16.7 Å². The number of carbonyl (C=O) groups is 2. The van der Waals surface area contributed by atoms with Gasteiger partial charge in [0, 0.05) is 5.69 Å². The predicted molar refractivity (Wildman–Crippen MR) is 112 cm³/mol. The van der Waals surface area contributed by atoms with Gasteiger partial charge in [0.15, 0.2) is 6.61 Å². The van der Waals surface area contributed by atoms with Crippen LogP contribution in [0.2, 0.25) is 0 Å². The highest BCUT2D eigenvalue weighted by atomic mass is 16.5. The van der Waals surface area contributed by atoms with Crippen molar-refractivity contribution in [3.63, 3.8) is 0 Å².